The van der Waals surface area contributed by atoms with Gasteiger partial charge in [-0.05, 0) is 29.8 Å². The number of hydrogen-bond donors (Lipinski definition) is 2. The summed E-state index contributed by atoms with van der Waals surface area (Å²) in [5.41, 5.74) is 6.74. The first-order chi connectivity index (χ1) is 11.1. The monoisotopic (exact) mass is 370 g/mol. The molecule has 4 nitrogen and oxygen atoms in total. The predicted molar refractivity (Wildman–Crippen MR) is 94.4 cm³/mol. The molecule has 2 aromatic rings. The van der Waals surface area contributed by atoms with E-state index in [-0.39, 0.29) is 5.70 Å². The molecule has 116 valence electrons. The van der Waals surface area contributed by atoms with Crippen LogP contribution in [0.1, 0.15) is 15.9 Å². The molecule has 5 heteroatoms. The van der Waals surface area contributed by atoms with E-state index in [2.05, 4.69) is 21.2 Å². The third-order valence-corrected chi connectivity index (χ3v) is 3.44. The van der Waals surface area contributed by atoms with Crippen LogP contribution in [-0.2, 0) is 4.79 Å². The Hall–Kier alpha value is -2.66. The Bertz CT molecular complexity index is 768. The molecule has 0 radical (unpaired) electrons. The maximum absolute atomic E-state index is 12.1. The standard InChI is InChI=1S/C18H15BrN2O2/c19-15-10-5-9-14(12-15)18(23)21-16(17(20)22)11-4-8-13-6-2-1-3-7-13/h1-12H,(H2,20,22)(H,21,23)/b8-4+,16-11-. The van der Waals surface area contributed by atoms with Gasteiger partial charge in [0.1, 0.15) is 5.70 Å². The fourth-order valence-corrected chi connectivity index (χ4v) is 2.23. The van der Waals surface area contributed by atoms with Gasteiger partial charge in [0, 0.05) is 10.0 Å². The molecule has 0 heterocycles. The minimum atomic E-state index is -0.703. The van der Waals surface area contributed by atoms with Gasteiger partial charge in [0.15, 0.2) is 0 Å². The Balaban J connectivity index is 2.12. The van der Waals surface area contributed by atoms with Crippen LogP contribution in [0.4, 0.5) is 0 Å². The number of primary amides is 1. The molecular formula is C18H15BrN2O2. The second-order valence-electron chi connectivity index (χ2n) is 4.68. The SMILES string of the molecule is NC(=O)/C(=C/C=C/c1ccccc1)NC(=O)c1cccc(Br)c1. The van der Waals surface area contributed by atoms with Crippen molar-refractivity contribution in [1.82, 2.24) is 5.32 Å². The average Bonchev–Trinajstić information content (AvgIpc) is 2.54. The van der Waals surface area contributed by atoms with Crippen molar-refractivity contribution in [3.8, 4) is 0 Å². The molecule has 23 heavy (non-hydrogen) atoms. The number of amides is 2. The molecule has 0 aliphatic heterocycles. The Labute approximate surface area is 142 Å². The van der Waals surface area contributed by atoms with Crippen LogP contribution < -0.4 is 11.1 Å². The Morgan fingerprint density at radius 2 is 1.78 bits per heavy atom. The molecule has 3 N–H and O–H groups in total. The van der Waals surface area contributed by atoms with Crippen LogP contribution in [0.15, 0.2) is 76.9 Å². The van der Waals surface area contributed by atoms with E-state index in [9.17, 15) is 9.59 Å². The van der Waals surface area contributed by atoms with Gasteiger partial charge in [-0.3, -0.25) is 9.59 Å². The highest BCUT2D eigenvalue weighted by Crippen LogP contribution is 2.12. The van der Waals surface area contributed by atoms with Crippen LogP contribution in [0.5, 0.6) is 0 Å². The summed E-state index contributed by atoms with van der Waals surface area (Å²) in [5, 5.41) is 2.52. The summed E-state index contributed by atoms with van der Waals surface area (Å²) in [5.74, 6) is -1.10. The quantitative estimate of drug-likeness (QED) is 0.626. The third-order valence-electron chi connectivity index (χ3n) is 2.95. The van der Waals surface area contributed by atoms with Crippen LogP contribution in [0.3, 0.4) is 0 Å². The second-order valence-corrected chi connectivity index (χ2v) is 5.59. The minimum Gasteiger partial charge on any atom is -0.364 e. The highest BCUT2D eigenvalue weighted by Gasteiger charge is 2.11. The Kier molecular flexibility index (Phi) is 5.88. The summed E-state index contributed by atoms with van der Waals surface area (Å²) in [6.07, 6.45) is 4.95. The van der Waals surface area contributed by atoms with E-state index in [1.165, 1.54) is 6.08 Å². The van der Waals surface area contributed by atoms with Gasteiger partial charge in [-0.1, -0.05) is 64.5 Å². The topological polar surface area (TPSA) is 72.2 Å². The lowest BCUT2D eigenvalue weighted by molar-refractivity contribution is -0.114. The smallest absolute Gasteiger partial charge is 0.265 e. The maximum Gasteiger partial charge on any atom is 0.265 e. The molecule has 2 rings (SSSR count). The molecule has 0 aromatic heterocycles. The van der Waals surface area contributed by atoms with Gasteiger partial charge < -0.3 is 11.1 Å². The molecule has 2 aromatic carbocycles. The van der Waals surface area contributed by atoms with Gasteiger partial charge in [0.05, 0.1) is 0 Å². The molecule has 0 saturated heterocycles. The van der Waals surface area contributed by atoms with Crippen molar-refractivity contribution < 1.29 is 9.59 Å². The van der Waals surface area contributed by atoms with E-state index in [0.29, 0.717) is 5.56 Å². The molecule has 0 fully saturated rings. The van der Waals surface area contributed by atoms with Gasteiger partial charge in [0.2, 0.25) is 0 Å². The fraction of sp³-hybridized carbons (Fsp3) is 0. The molecule has 0 aliphatic carbocycles. The predicted octanol–water partition coefficient (Wildman–Crippen LogP) is 3.26. The van der Waals surface area contributed by atoms with Crippen LogP contribution in [0.25, 0.3) is 6.08 Å². The number of carbonyl (C=O) groups is 2. The van der Waals surface area contributed by atoms with Crippen molar-refractivity contribution >= 4 is 33.8 Å². The second kappa shape index (κ2) is 8.10. The Morgan fingerprint density at radius 1 is 1.04 bits per heavy atom. The first kappa shape index (κ1) is 16.7. The maximum atomic E-state index is 12.1. The Morgan fingerprint density at radius 3 is 2.43 bits per heavy atom. The number of allylic oxidation sites excluding steroid dienone is 2. The van der Waals surface area contributed by atoms with Gasteiger partial charge in [0.25, 0.3) is 11.8 Å². The molecule has 0 unspecified atom stereocenters. The lowest BCUT2D eigenvalue weighted by Gasteiger charge is -2.06. The van der Waals surface area contributed by atoms with E-state index in [0.717, 1.165) is 10.0 Å². The number of halogens is 1. The molecular weight excluding hydrogens is 356 g/mol. The van der Waals surface area contributed by atoms with E-state index < -0.39 is 11.8 Å². The van der Waals surface area contributed by atoms with E-state index in [1.807, 2.05) is 42.5 Å². The van der Waals surface area contributed by atoms with Crippen molar-refractivity contribution in [2.24, 2.45) is 5.73 Å². The van der Waals surface area contributed by atoms with Crippen LogP contribution in [0.2, 0.25) is 0 Å². The molecule has 0 atom stereocenters. The summed E-state index contributed by atoms with van der Waals surface area (Å²) < 4.78 is 0.777. The fourth-order valence-electron chi connectivity index (χ4n) is 1.83. The van der Waals surface area contributed by atoms with Crippen molar-refractivity contribution in [3.63, 3.8) is 0 Å². The van der Waals surface area contributed by atoms with E-state index in [4.69, 9.17) is 5.73 Å². The van der Waals surface area contributed by atoms with Gasteiger partial charge in [-0.15, -0.1) is 0 Å². The third kappa shape index (κ3) is 5.23. The average molecular weight is 371 g/mol. The number of carbonyl (C=O) groups excluding carboxylic acids is 2. The lowest BCUT2D eigenvalue weighted by atomic mass is 10.2. The largest absolute Gasteiger partial charge is 0.364 e. The zero-order valence-electron chi connectivity index (χ0n) is 12.2. The molecule has 0 spiro atoms. The number of hydrogen-bond acceptors (Lipinski definition) is 2. The van der Waals surface area contributed by atoms with Crippen molar-refractivity contribution in [2.75, 3.05) is 0 Å². The van der Waals surface area contributed by atoms with Crippen molar-refractivity contribution in [3.05, 3.63) is 88.0 Å². The highest BCUT2D eigenvalue weighted by molar-refractivity contribution is 9.10. The summed E-state index contributed by atoms with van der Waals surface area (Å²) in [4.78, 5) is 23.6. The highest BCUT2D eigenvalue weighted by atomic mass is 79.9. The van der Waals surface area contributed by atoms with E-state index in [1.54, 1.807) is 24.3 Å². The summed E-state index contributed by atoms with van der Waals surface area (Å²) in [6, 6.07) is 16.4. The molecule has 0 aliphatic rings. The van der Waals surface area contributed by atoms with Gasteiger partial charge >= 0.3 is 0 Å². The minimum absolute atomic E-state index is 0.0298. The van der Waals surface area contributed by atoms with Crippen LogP contribution in [-0.4, -0.2) is 11.8 Å². The summed E-state index contributed by atoms with van der Waals surface area (Å²) in [7, 11) is 0. The zero-order valence-corrected chi connectivity index (χ0v) is 13.8. The number of benzene rings is 2. The lowest BCUT2D eigenvalue weighted by Crippen LogP contribution is -2.31. The first-order valence-electron chi connectivity index (χ1n) is 6.86. The first-order valence-corrected chi connectivity index (χ1v) is 7.65. The summed E-state index contributed by atoms with van der Waals surface area (Å²) in [6.45, 7) is 0. The molecule has 2 amide bonds. The van der Waals surface area contributed by atoms with E-state index >= 15 is 0 Å². The van der Waals surface area contributed by atoms with Crippen molar-refractivity contribution in [1.29, 1.82) is 0 Å². The number of nitrogens with two attached hydrogens (primary N) is 1. The number of nitrogens with one attached hydrogen (secondary N) is 1. The van der Waals surface area contributed by atoms with Crippen LogP contribution >= 0.6 is 15.9 Å². The molecule has 0 saturated carbocycles. The van der Waals surface area contributed by atoms with Crippen LogP contribution in [0, 0.1) is 0 Å². The zero-order chi connectivity index (χ0) is 16.7. The molecule has 0 bridgehead atoms. The van der Waals surface area contributed by atoms with Gasteiger partial charge in [-0.25, -0.2) is 0 Å². The van der Waals surface area contributed by atoms with Gasteiger partial charge in [-0.2, -0.15) is 0 Å². The van der Waals surface area contributed by atoms with Crippen molar-refractivity contribution in [2.45, 2.75) is 0 Å². The summed E-state index contributed by atoms with van der Waals surface area (Å²) >= 11 is 3.30. The normalized spacial score (nSPS) is 11.4. The number of rotatable bonds is 5.